The van der Waals surface area contributed by atoms with Crippen molar-refractivity contribution in [2.75, 3.05) is 20.3 Å². The highest BCUT2D eigenvalue weighted by Crippen LogP contribution is 2.19. The van der Waals surface area contributed by atoms with Crippen molar-refractivity contribution in [1.82, 2.24) is 5.32 Å². The fraction of sp³-hybridized carbons (Fsp3) is 0.562. The Bertz CT molecular complexity index is 453. The SMILES string of the molecule is COc1ccc(CCC(=O)NC[C@@H]2CCCO2)cc1C. The normalized spacial score (nSPS) is 18.0. The van der Waals surface area contributed by atoms with E-state index in [1.54, 1.807) is 7.11 Å². The number of hydrogen-bond donors (Lipinski definition) is 1. The van der Waals surface area contributed by atoms with E-state index in [2.05, 4.69) is 11.4 Å². The standard InChI is InChI=1S/C16H23NO3/c1-12-10-13(5-7-15(12)19-2)6-8-16(18)17-11-14-4-3-9-20-14/h5,7,10,14H,3-4,6,8-9,11H2,1-2H3,(H,17,18)/t14-/m0/s1. The van der Waals surface area contributed by atoms with Gasteiger partial charge in [-0.1, -0.05) is 12.1 Å². The molecular weight excluding hydrogens is 254 g/mol. The Kier molecular flexibility index (Phi) is 5.41. The van der Waals surface area contributed by atoms with E-state index in [0.717, 1.165) is 42.7 Å². The Hall–Kier alpha value is -1.55. The van der Waals surface area contributed by atoms with Crippen molar-refractivity contribution in [2.45, 2.75) is 38.7 Å². The van der Waals surface area contributed by atoms with Gasteiger partial charge in [0, 0.05) is 19.6 Å². The predicted molar refractivity (Wildman–Crippen MR) is 78.0 cm³/mol. The Morgan fingerprint density at radius 2 is 2.35 bits per heavy atom. The van der Waals surface area contributed by atoms with Crippen LogP contribution in [0.2, 0.25) is 0 Å². The maximum absolute atomic E-state index is 11.8. The molecule has 0 saturated carbocycles. The Morgan fingerprint density at radius 1 is 1.50 bits per heavy atom. The first-order valence-corrected chi connectivity index (χ1v) is 7.21. The molecule has 0 spiro atoms. The van der Waals surface area contributed by atoms with Crippen LogP contribution >= 0.6 is 0 Å². The van der Waals surface area contributed by atoms with Crippen molar-refractivity contribution < 1.29 is 14.3 Å². The molecule has 1 N–H and O–H groups in total. The van der Waals surface area contributed by atoms with Crippen LogP contribution in [0.1, 0.15) is 30.4 Å². The lowest BCUT2D eigenvalue weighted by atomic mass is 10.1. The third-order valence-corrected chi connectivity index (χ3v) is 3.65. The molecule has 0 aromatic heterocycles. The minimum Gasteiger partial charge on any atom is -0.496 e. The molecule has 1 aliphatic rings. The van der Waals surface area contributed by atoms with E-state index >= 15 is 0 Å². The molecule has 1 atom stereocenters. The van der Waals surface area contributed by atoms with Crippen LogP contribution in [0, 0.1) is 6.92 Å². The molecule has 110 valence electrons. The van der Waals surface area contributed by atoms with Crippen molar-refractivity contribution in [3.05, 3.63) is 29.3 Å². The summed E-state index contributed by atoms with van der Waals surface area (Å²) in [5.74, 6) is 0.977. The first-order valence-electron chi connectivity index (χ1n) is 7.21. The molecule has 0 radical (unpaired) electrons. The zero-order valence-corrected chi connectivity index (χ0v) is 12.3. The zero-order valence-electron chi connectivity index (χ0n) is 12.3. The summed E-state index contributed by atoms with van der Waals surface area (Å²) in [6, 6.07) is 6.04. The lowest BCUT2D eigenvalue weighted by Crippen LogP contribution is -2.31. The van der Waals surface area contributed by atoms with Gasteiger partial charge >= 0.3 is 0 Å². The van der Waals surface area contributed by atoms with E-state index in [4.69, 9.17) is 9.47 Å². The van der Waals surface area contributed by atoms with Gasteiger partial charge in [-0.3, -0.25) is 4.79 Å². The quantitative estimate of drug-likeness (QED) is 0.867. The smallest absolute Gasteiger partial charge is 0.220 e. The molecule has 1 fully saturated rings. The number of aryl methyl sites for hydroxylation is 2. The van der Waals surface area contributed by atoms with Crippen LogP contribution in [0.15, 0.2) is 18.2 Å². The Balaban J connectivity index is 1.73. The highest BCUT2D eigenvalue weighted by molar-refractivity contribution is 5.76. The Morgan fingerprint density at radius 3 is 3.00 bits per heavy atom. The zero-order chi connectivity index (χ0) is 14.4. The summed E-state index contributed by atoms with van der Waals surface area (Å²) in [6.45, 7) is 3.48. The third kappa shape index (κ3) is 4.23. The predicted octanol–water partition coefficient (Wildman–Crippen LogP) is 2.23. The summed E-state index contributed by atoms with van der Waals surface area (Å²) in [6.07, 6.45) is 3.63. The molecule has 0 bridgehead atoms. The van der Waals surface area contributed by atoms with Gasteiger partial charge < -0.3 is 14.8 Å². The summed E-state index contributed by atoms with van der Waals surface area (Å²) in [5.41, 5.74) is 2.26. The van der Waals surface area contributed by atoms with Crippen LogP contribution in [0.4, 0.5) is 0 Å². The second-order valence-corrected chi connectivity index (χ2v) is 5.24. The van der Waals surface area contributed by atoms with E-state index in [-0.39, 0.29) is 12.0 Å². The number of ether oxygens (including phenoxy) is 2. The fourth-order valence-corrected chi connectivity index (χ4v) is 2.48. The van der Waals surface area contributed by atoms with E-state index in [9.17, 15) is 4.79 Å². The molecule has 1 aliphatic heterocycles. The van der Waals surface area contributed by atoms with Gasteiger partial charge in [-0.15, -0.1) is 0 Å². The first-order chi connectivity index (χ1) is 9.69. The molecule has 1 amide bonds. The van der Waals surface area contributed by atoms with Gasteiger partial charge in [-0.2, -0.15) is 0 Å². The Labute approximate surface area is 120 Å². The lowest BCUT2D eigenvalue weighted by Gasteiger charge is -2.11. The van der Waals surface area contributed by atoms with Crippen molar-refractivity contribution in [2.24, 2.45) is 0 Å². The molecule has 1 aromatic rings. The van der Waals surface area contributed by atoms with Crippen LogP contribution in [0.5, 0.6) is 5.75 Å². The maximum atomic E-state index is 11.8. The minimum absolute atomic E-state index is 0.0916. The second kappa shape index (κ2) is 7.29. The summed E-state index contributed by atoms with van der Waals surface area (Å²) in [7, 11) is 1.67. The van der Waals surface area contributed by atoms with Crippen LogP contribution in [-0.2, 0) is 16.0 Å². The average Bonchev–Trinajstić information content (AvgIpc) is 2.96. The van der Waals surface area contributed by atoms with Gasteiger partial charge in [-0.05, 0) is 43.4 Å². The molecule has 2 rings (SSSR count). The molecule has 1 saturated heterocycles. The lowest BCUT2D eigenvalue weighted by molar-refractivity contribution is -0.121. The van der Waals surface area contributed by atoms with Crippen molar-refractivity contribution in [3.8, 4) is 5.75 Å². The van der Waals surface area contributed by atoms with Crippen LogP contribution < -0.4 is 10.1 Å². The number of methoxy groups -OCH3 is 1. The highest BCUT2D eigenvalue weighted by atomic mass is 16.5. The summed E-state index contributed by atoms with van der Waals surface area (Å²) >= 11 is 0. The minimum atomic E-state index is 0.0916. The molecular formula is C16H23NO3. The summed E-state index contributed by atoms with van der Waals surface area (Å²) in [5, 5.41) is 2.94. The number of rotatable bonds is 6. The van der Waals surface area contributed by atoms with Crippen molar-refractivity contribution in [1.29, 1.82) is 0 Å². The van der Waals surface area contributed by atoms with E-state index in [1.807, 2.05) is 19.1 Å². The van der Waals surface area contributed by atoms with Gasteiger partial charge in [0.1, 0.15) is 5.75 Å². The summed E-state index contributed by atoms with van der Waals surface area (Å²) in [4.78, 5) is 11.8. The molecule has 4 heteroatoms. The average molecular weight is 277 g/mol. The largest absolute Gasteiger partial charge is 0.496 e. The summed E-state index contributed by atoms with van der Waals surface area (Å²) < 4.78 is 10.7. The van der Waals surface area contributed by atoms with E-state index < -0.39 is 0 Å². The monoisotopic (exact) mass is 277 g/mol. The van der Waals surface area contributed by atoms with Gasteiger partial charge in [0.05, 0.1) is 13.2 Å². The maximum Gasteiger partial charge on any atom is 0.220 e. The molecule has 0 aliphatic carbocycles. The van der Waals surface area contributed by atoms with Crippen LogP contribution in [0.25, 0.3) is 0 Å². The van der Waals surface area contributed by atoms with Gasteiger partial charge in [0.2, 0.25) is 5.91 Å². The molecule has 4 nitrogen and oxygen atoms in total. The van der Waals surface area contributed by atoms with Gasteiger partial charge in [0.15, 0.2) is 0 Å². The van der Waals surface area contributed by atoms with Crippen LogP contribution in [-0.4, -0.2) is 32.3 Å². The molecule has 1 heterocycles. The number of carbonyl (C=O) groups is 1. The van der Waals surface area contributed by atoms with E-state index in [0.29, 0.717) is 13.0 Å². The van der Waals surface area contributed by atoms with Crippen molar-refractivity contribution in [3.63, 3.8) is 0 Å². The first kappa shape index (κ1) is 14.9. The molecule has 1 aromatic carbocycles. The highest BCUT2D eigenvalue weighted by Gasteiger charge is 2.15. The van der Waals surface area contributed by atoms with E-state index in [1.165, 1.54) is 0 Å². The fourth-order valence-electron chi connectivity index (χ4n) is 2.48. The topological polar surface area (TPSA) is 47.6 Å². The number of amides is 1. The number of benzene rings is 1. The number of carbonyl (C=O) groups excluding carboxylic acids is 1. The molecule has 0 unspecified atom stereocenters. The van der Waals surface area contributed by atoms with Gasteiger partial charge in [0.25, 0.3) is 0 Å². The van der Waals surface area contributed by atoms with Crippen LogP contribution in [0.3, 0.4) is 0 Å². The number of nitrogens with one attached hydrogen (secondary N) is 1. The molecule has 20 heavy (non-hydrogen) atoms. The van der Waals surface area contributed by atoms with Gasteiger partial charge in [-0.25, -0.2) is 0 Å². The second-order valence-electron chi connectivity index (χ2n) is 5.24. The van der Waals surface area contributed by atoms with Crippen molar-refractivity contribution >= 4 is 5.91 Å². The third-order valence-electron chi connectivity index (χ3n) is 3.65. The number of hydrogen-bond acceptors (Lipinski definition) is 3.